The summed E-state index contributed by atoms with van der Waals surface area (Å²) in [4.78, 5) is 10.6. The van der Waals surface area contributed by atoms with Gasteiger partial charge in [0.05, 0.1) is 5.60 Å². The number of carbonyl (C=O) groups is 1. The van der Waals surface area contributed by atoms with Crippen LogP contribution >= 0.6 is 0 Å². The Hall–Kier alpha value is -1.42. The van der Waals surface area contributed by atoms with E-state index in [4.69, 9.17) is 4.74 Å². The molecule has 0 aromatic heterocycles. The van der Waals surface area contributed by atoms with Gasteiger partial charge in [-0.3, -0.25) is 4.79 Å². The molecule has 0 bridgehead atoms. The second kappa shape index (κ2) is 5.48. The van der Waals surface area contributed by atoms with Crippen molar-refractivity contribution >= 4 is 6.29 Å². The van der Waals surface area contributed by atoms with E-state index in [1.165, 1.54) is 12.1 Å². The first-order valence-electron chi connectivity index (χ1n) is 6.22. The van der Waals surface area contributed by atoms with Crippen molar-refractivity contribution in [2.45, 2.75) is 37.7 Å². The van der Waals surface area contributed by atoms with Gasteiger partial charge in [-0.25, -0.2) is 4.39 Å². The van der Waals surface area contributed by atoms with Gasteiger partial charge in [0.2, 0.25) is 0 Å². The minimum Gasteiger partial charge on any atom is -0.490 e. The highest BCUT2D eigenvalue weighted by molar-refractivity contribution is 5.75. The average Bonchev–Trinajstić information content (AvgIpc) is 2.37. The Kier molecular flexibility index (Phi) is 3.97. The molecule has 1 fully saturated rings. The van der Waals surface area contributed by atoms with E-state index in [0.29, 0.717) is 19.1 Å². The fourth-order valence-electron chi connectivity index (χ4n) is 2.31. The molecule has 1 aliphatic carbocycles. The molecule has 0 atom stereocenters. The number of aldehydes is 1. The van der Waals surface area contributed by atoms with Gasteiger partial charge < -0.3 is 9.84 Å². The molecule has 1 aromatic carbocycles. The molecule has 1 aliphatic rings. The molecule has 0 radical (unpaired) electrons. The smallest absolute Gasteiger partial charge is 0.150 e. The zero-order valence-electron chi connectivity index (χ0n) is 10.2. The molecule has 1 N–H and O–H groups in total. The standard InChI is InChI=1S/C14H17FO3/c15-12-6-11(9-16)7-13(8-12)18-10-14(17)4-2-1-3-5-14/h6-9,17H,1-5,10H2. The van der Waals surface area contributed by atoms with E-state index in [1.54, 1.807) is 0 Å². The highest BCUT2D eigenvalue weighted by Gasteiger charge is 2.30. The quantitative estimate of drug-likeness (QED) is 0.838. The van der Waals surface area contributed by atoms with Gasteiger partial charge in [-0.15, -0.1) is 0 Å². The van der Waals surface area contributed by atoms with E-state index >= 15 is 0 Å². The summed E-state index contributed by atoms with van der Waals surface area (Å²) in [5.41, 5.74) is -0.577. The van der Waals surface area contributed by atoms with E-state index < -0.39 is 11.4 Å². The summed E-state index contributed by atoms with van der Waals surface area (Å²) in [6.07, 6.45) is 5.11. The number of rotatable bonds is 4. The van der Waals surface area contributed by atoms with Crippen LogP contribution in [0.3, 0.4) is 0 Å². The van der Waals surface area contributed by atoms with Gasteiger partial charge in [-0.2, -0.15) is 0 Å². The Bertz CT molecular complexity index is 425. The molecule has 0 saturated heterocycles. The minimum atomic E-state index is -0.814. The number of halogens is 1. The van der Waals surface area contributed by atoms with Gasteiger partial charge in [0.1, 0.15) is 24.5 Å². The summed E-state index contributed by atoms with van der Waals surface area (Å²) in [6.45, 7) is 0.148. The van der Waals surface area contributed by atoms with Crippen molar-refractivity contribution in [1.82, 2.24) is 0 Å². The molecule has 1 aromatic rings. The minimum absolute atomic E-state index is 0.148. The molecule has 1 saturated carbocycles. The molecule has 0 amide bonds. The van der Waals surface area contributed by atoms with Gasteiger partial charge in [0.25, 0.3) is 0 Å². The number of hydrogen-bond acceptors (Lipinski definition) is 3. The largest absolute Gasteiger partial charge is 0.490 e. The molecule has 2 rings (SSSR count). The fourth-order valence-corrected chi connectivity index (χ4v) is 2.31. The Balaban J connectivity index is 2.01. The topological polar surface area (TPSA) is 46.5 Å². The van der Waals surface area contributed by atoms with Gasteiger partial charge in [-0.05, 0) is 25.0 Å². The molecule has 0 unspecified atom stereocenters. The predicted molar refractivity (Wildman–Crippen MR) is 65.3 cm³/mol. The zero-order chi connectivity index (χ0) is 13.0. The Labute approximate surface area is 106 Å². The Morgan fingerprint density at radius 3 is 2.67 bits per heavy atom. The van der Waals surface area contributed by atoms with Crippen molar-refractivity contribution in [3.8, 4) is 5.75 Å². The molecule has 18 heavy (non-hydrogen) atoms. The fraction of sp³-hybridized carbons (Fsp3) is 0.500. The lowest BCUT2D eigenvalue weighted by atomic mass is 9.85. The number of aliphatic hydroxyl groups is 1. The zero-order valence-corrected chi connectivity index (χ0v) is 10.2. The predicted octanol–water partition coefficient (Wildman–Crippen LogP) is 2.71. The molecule has 0 aliphatic heterocycles. The monoisotopic (exact) mass is 252 g/mol. The summed E-state index contributed by atoms with van der Waals surface area (Å²) in [5, 5.41) is 10.2. The summed E-state index contributed by atoms with van der Waals surface area (Å²) in [6, 6.07) is 3.84. The summed E-state index contributed by atoms with van der Waals surface area (Å²) >= 11 is 0. The normalized spacial score (nSPS) is 18.3. The maximum atomic E-state index is 13.2. The van der Waals surface area contributed by atoms with Crippen molar-refractivity contribution in [1.29, 1.82) is 0 Å². The number of benzene rings is 1. The van der Waals surface area contributed by atoms with Crippen molar-refractivity contribution in [2.75, 3.05) is 6.61 Å². The van der Waals surface area contributed by atoms with Crippen LogP contribution in [0.15, 0.2) is 18.2 Å². The average molecular weight is 252 g/mol. The SMILES string of the molecule is O=Cc1cc(F)cc(OCC2(O)CCCCC2)c1. The van der Waals surface area contributed by atoms with Gasteiger partial charge >= 0.3 is 0 Å². The van der Waals surface area contributed by atoms with Crippen LogP contribution in [0.4, 0.5) is 4.39 Å². The van der Waals surface area contributed by atoms with Gasteiger partial charge in [0, 0.05) is 11.6 Å². The number of hydrogen-bond donors (Lipinski definition) is 1. The summed E-state index contributed by atoms with van der Waals surface area (Å²) < 4.78 is 18.6. The van der Waals surface area contributed by atoms with Crippen LogP contribution in [0.5, 0.6) is 5.75 Å². The second-order valence-electron chi connectivity index (χ2n) is 4.91. The first-order chi connectivity index (χ1) is 8.61. The van der Waals surface area contributed by atoms with Gasteiger partial charge in [-0.1, -0.05) is 19.3 Å². The van der Waals surface area contributed by atoms with Crippen LogP contribution in [0.25, 0.3) is 0 Å². The van der Waals surface area contributed by atoms with E-state index in [0.717, 1.165) is 25.3 Å². The molecule has 0 spiro atoms. The summed E-state index contributed by atoms with van der Waals surface area (Å²) in [7, 11) is 0. The third-order valence-electron chi connectivity index (χ3n) is 3.32. The van der Waals surface area contributed by atoms with E-state index in [2.05, 4.69) is 0 Å². The maximum absolute atomic E-state index is 13.2. The van der Waals surface area contributed by atoms with Crippen molar-refractivity contribution in [2.24, 2.45) is 0 Å². The van der Waals surface area contributed by atoms with Gasteiger partial charge in [0.15, 0.2) is 0 Å². The Morgan fingerprint density at radius 1 is 1.28 bits per heavy atom. The van der Waals surface area contributed by atoms with Crippen LogP contribution in [0.2, 0.25) is 0 Å². The summed E-state index contributed by atoms with van der Waals surface area (Å²) in [5.74, 6) is -0.221. The first kappa shape index (κ1) is 13.0. The molecular weight excluding hydrogens is 235 g/mol. The van der Waals surface area contributed by atoms with Crippen molar-refractivity contribution in [3.63, 3.8) is 0 Å². The van der Waals surface area contributed by atoms with E-state index in [-0.39, 0.29) is 17.9 Å². The van der Waals surface area contributed by atoms with Crippen LogP contribution in [-0.2, 0) is 0 Å². The third kappa shape index (κ3) is 3.29. The van der Waals surface area contributed by atoms with E-state index in [9.17, 15) is 14.3 Å². The lowest BCUT2D eigenvalue weighted by Gasteiger charge is -2.31. The lowest BCUT2D eigenvalue weighted by Crippen LogP contribution is -2.37. The molecule has 0 heterocycles. The molecule has 3 nitrogen and oxygen atoms in total. The second-order valence-corrected chi connectivity index (χ2v) is 4.91. The van der Waals surface area contributed by atoms with Crippen LogP contribution in [-0.4, -0.2) is 23.6 Å². The van der Waals surface area contributed by atoms with E-state index in [1.807, 2.05) is 0 Å². The van der Waals surface area contributed by atoms with Crippen LogP contribution in [0.1, 0.15) is 42.5 Å². The molecule has 98 valence electrons. The number of carbonyl (C=O) groups excluding carboxylic acids is 1. The molecular formula is C14H17FO3. The Morgan fingerprint density at radius 2 is 2.00 bits per heavy atom. The number of ether oxygens (including phenoxy) is 1. The van der Waals surface area contributed by atoms with Crippen LogP contribution < -0.4 is 4.74 Å². The first-order valence-corrected chi connectivity index (χ1v) is 6.22. The van der Waals surface area contributed by atoms with Crippen LogP contribution in [0, 0.1) is 5.82 Å². The van der Waals surface area contributed by atoms with Crippen molar-refractivity contribution < 1.29 is 19.0 Å². The maximum Gasteiger partial charge on any atom is 0.150 e. The third-order valence-corrected chi connectivity index (χ3v) is 3.32. The highest BCUT2D eigenvalue weighted by Crippen LogP contribution is 2.29. The van der Waals surface area contributed by atoms with Crippen molar-refractivity contribution in [3.05, 3.63) is 29.6 Å². The molecule has 4 heteroatoms. The highest BCUT2D eigenvalue weighted by atomic mass is 19.1. The lowest BCUT2D eigenvalue weighted by molar-refractivity contribution is -0.0339.